The summed E-state index contributed by atoms with van der Waals surface area (Å²) in [5.74, 6) is -0.00304. The van der Waals surface area contributed by atoms with E-state index < -0.39 is 72.7 Å². The molecule has 0 radical (unpaired) electrons. The Balaban J connectivity index is 2.08. The number of hydrogen-bond donors (Lipinski definition) is 5. The van der Waals surface area contributed by atoms with Crippen LogP contribution in [0.15, 0.2) is 0 Å². The maximum absolute atomic E-state index is 11.3. The van der Waals surface area contributed by atoms with Gasteiger partial charge < -0.3 is 44.5 Å². The molecule has 0 aromatic heterocycles. The summed E-state index contributed by atoms with van der Waals surface area (Å²) in [4.78, 5) is 0. The molecule has 2 aliphatic heterocycles. The van der Waals surface area contributed by atoms with Crippen molar-refractivity contribution in [2.24, 2.45) is 0 Å². The van der Waals surface area contributed by atoms with E-state index >= 15 is 0 Å². The van der Waals surface area contributed by atoms with E-state index in [9.17, 15) is 29.7 Å². The molecular formula is C13H24O10S. The number of ether oxygens (including phenoxy) is 4. The average molecular weight is 372 g/mol. The average Bonchev–Trinajstić information content (AvgIpc) is 2.79. The van der Waals surface area contributed by atoms with Gasteiger partial charge in [0.1, 0.15) is 42.7 Å². The van der Waals surface area contributed by atoms with Crippen molar-refractivity contribution in [2.75, 3.05) is 25.7 Å². The first-order valence-corrected chi connectivity index (χ1v) is 9.15. The molecule has 0 aromatic rings. The minimum atomic E-state index is -1.45. The maximum atomic E-state index is 11.3. The second kappa shape index (κ2) is 8.45. The van der Waals surface area contributed by atoms with Crippen LogP contribution in [0, 0.1) is 0 Å². The highest BCUT2D eigenvalue weighted by molar-refractivity contribution is 7.84. The van der Waals surface area contributed by atoms with Crippen LogP contribution < -0.4 is 0 Å². The van der Waals surface area contributed by atoms with Crippen LogP contribution in [0.3, 0.4) is 0 Å². The monoisotopic (exact) mass is 372 g/mol. The first-order chi connectivity index (χ1) is 11.3. The first-order valence-electron chi connectivity index (χ1n) is 7.42. The van der Waals surface area contributed by atoms with Crippen LogP contribution in [0.5, 0.6) is 0 Å². The van der Waals surface area contributed by atoms with E-state index in [1.54, 1.807) is 0 Å². The van der Waals surface area contributed by atoms with Gasteiger partial charge in [-0.2, -0.15) is 0 Å². The lowest BCUT2D eigenvalue weighted by molar-refractivity contribution is -0.325. The van der Waals surface area contributed by atoms with E-state index in [4.69, 9.17) is 18.9 Å². The van der Waals surface area contributed by atoms with Gasteiger partial charge in [0, 0.05) is 24.2 Å². The van der Waals surface area contributed by atoms with Crippen LogP contribution >= 0.6 is 0 Å². The Morgan fingerprint density at radius 1 is 0.958 bits per heavy atom. The fourth-order valence-corrected chi connectivity index (χ4v) is 3.50. The summed E-state index contributed by atoms with van der Waals surface area (Å²) in [5.41, 5.74) is 0. The third-order valence-electron chi connectivity index (χ3n) is 4.06. The van der Waals surface area contributed by atoms with Crippen LogP contribution in [0.1, 0.15) is 0 Å². The zero-order valence-electron chi connectivity index (χ0n) is 13.3. The summed E-state index contributed by atoms with van der Waals surface area (Å²) in [6.07, 6.45) is -9.94. The molecule has 24 heavy (non-hydrogen) atoms. The Kier molecular flexibility index (Phi) is 7.08. The zero-order valence-corrected chi connectivity index (χ0v) is 14.1. The smallest absolute Gasteiger partial charge is 0.187 e. The Labute approximate surface area is 141 Å². The first kappa shape index (κ1) is 20.1. The molecule has 2 aliphatic rings. The van der Waals surface area contributed by atoms with E-state index in [0.717, 1.165) is 0 Å². The van der Waals surface area contributed by atoms with Crippen molar-refractivity contribution in [2.45, 2.75) is 55.3 Å². The molecule has 10 atom stereocenters. The van der Waals surface area contributed by atoms with Crippen molar-refractivity contribution in [3.05, 3.63) is 0 Å². The van der Waals surface area contributed by atoms with Gasteiger partial charge in [0.05, 0.1) is 12.4 Å². The lowest BCUT2D eigenvalue weighted by Crippen LogP contribution is -2.61. The lowest BCUT2D eigenvalue weighted by atomic mass is 9.99. The summed E-state index contributed by atoms with van der Waals surface area (Å²) in [7, 11) is 0.00772. The van der Waals surface area contributed by atoms with Gasteiger partial charge in [0.2, 0.25) is 0 Å². The summed E-state index contributed by atoms with van der Waals surface area (Å²) < 4.78 is 32.2. The fourth-order valence-electron chi connectivity index (χ4n) is 2.76. The molecule has 0 aromatic carbocycles. The van der Waals surface area contributed by atoms with Gasteiger partial charge in [0.25, 0.3) is 0 Å². The Bertz CT molecular complexity index is 421. The highest BCUT2D eigenvalue weighted by Gasteiger charge is 2.50. The highest BCUT2D eigenvalue weighted by Crippen LogP contribution is 2.29. The summed E-state index contributed by atoms with van der Waals surface area (Å²) in [6.45, 7) is -0.540. The zero-order chi connectivity index (χ0) is 18.0. The summed E-state index contributed by atoms with van der Waals surface area (Å²) >= 11 is 0. The summed E-state index contributed by atoms with van der Waals surface area (Å²) in [5, 5.41) is 49.5. The van der Waals surface area contributed by atoms with Gasteiger partial charge in [0.15, 0.2) is 12.6 Å². The van der Waals surface area contributed by atoms with Gasteiger partial charge in [-0.1, -0.05) is 0 Å². The topological polar surface area (TPSA) is 155 Å². The molecule has 0 amide bonds. The van der Waals surface area contributed by atoms with Gasteiger partial charge in [-0.25, -0.2) is 0 Å². The van der Waals surface area contributed by atoms with Gasteiger partial charge >= 0.3 is 0 Å². The SMILES string of the molecule is CO[C@H]1O[C@H](CO)[C@@H](O)[C@H](O[C@@H]2O[C@@H](CS(C)=O)[C@@H](O)[C@@H]2O)[C@@H]1O. The fraction of sp³-hybridized carbons (Fsp3) is 1.00. The van der Waals surface area contributed by atoms with Crippen LogP contribution in [0.4, 0.5) is 0 Å². The maximum Gasteiger partial charge on any atom is 0.187 e. The minimum Gasteiger partial charge on any atom is -0.394 e. The van der Waals surface area contributed by atoms with E-state index in [1.165, 1.54) is 13.4 Å². The molecule has 2 rings (SSSR count). The predicted molar refractivity (Wildman–Crippen MR) is 79.3 cm³/mol. The van der Waals surface area contributed by atoms with Crippen molar-refractivity contribution in [1.82, 2.24) is 0 Å². The molecule has 2 fully saturated rings. The number of rotatable bonds is 6. The molecule has 2 heterocycles. The van der Waals surface area contributed by atoms with Crippen molar-refractivity contribution in [3.8, 4) is 0 Å². The van der Waals surface area contributed by atoms with Gasteiger partial charge in [-0.05, 0) is 0 Å². The van der Waals surface area contributed by atoms with E-state index in [1.807, 2.05) is 0 Å². The molecule has 0 aliphatic carbocycles. The second-order valence-corrected chi connectivity index (χ2v) is 7.29. The van der Waals surface area contributed by atoms with Crippen molar-refractivity contribution < 1.29 is 48.7 Å². The largest absolute Gasteiger partial charge is 0.394 e. The van der Waals surface area contributed by atoms with Gasteiger partial charge in [-0.3, -0.25) is 4.21 Å². The quantitative estimate of drug-likeness (QED) is 0.314. The van der Waals surface area contributed by atoms with E-state index in [0.29, 0.717) is 0 Å². The molecular weight excluding hydrogens is 348 g/mol. The minimum absolute atomic E-state index is 0.00304. The van der Waals surface area contributed by atoms with Crippen LogP contribution in [0.2, 0.25) is 0 Å². The normalized spacial score (nSPS) is 47.7. The van der Waals surface area contributed by atoms with E-state index in [-0.39, 0.29) is 5.75 Å². The molecule has 0 bridgehead atoms. The molecule has 5 N–H and O–H groups in total. The van der Waals surface area contributed by atoms with Crippen LogP contribution in [0.25, 0.3) is 0 Å². The molecule has 2 saturated heterocycles. The second-order valence-electron chi connectivity index (χ2n) is 5.81. The molecule has 10 nitrogen and oxygen atoms in total. The van der Waals surface area contributed by atoms with Crippen LogP contribution in [-0.2, 0) is 29.7 Å². The van der Waals surface area contributed by atoms with Crippen molar-refractivity contribution >= 4 is 10.8 Å². The van der Waals surface area contributed by atoms with Crippen LogP contribution in [-0.4, -0.2) is 111 Å². The molecule has 11 heteroatoms. The summed E-state index contributed by atoms with van der Waals surface area (Å²) in [6, 6.07) is 0. The number of methoxy groups -OCH3 is 1. The lowest BCUT2D eigenvalue weighted by Gasteiger charge is -2.42. The third-order valence-corrected chi connectivity index (χ3v) is 4.86. The Morgan fingerprint density at radius 3 is 2.12 bits per heavy atom. The van der Waals surface area contributed by atoms with Crippen molar-refractivity contribution in [1.29, 1.82) is 0 Å². The Hall–Kier alpha value is -0.210. The van der Waals surface area contributed by atoms with Gasteiger partial charge in [-0.15, -0.1) is 0 Å². The number of aliphatic hydroxyl groups is 5. The molecule has 0 saturated carbocycles. The third kappa shape index (κ3) is 4.12. The van der Waals surface area contributed by atoms with E-state index in [2.05, 4.69) is 0 Å². The molecule has 1 unspecified atom stereocenters. The highest BCUT2D eigenvalue weighted by atomic mass is 32.2. The Morgan fingerprint density at radius 2 is 1.58 bits per heavy atom. The standard InChI is InChI=1S/C13H24O10S/c1-20-12-10(18)11(8(16)5(3-14)21-12)23-13-9(17)7(15)6(22-13)4-24(2)19/h5-18H,3-4H2,1-2H3/t5-,6+,7-,8-,9+,10+,11+,12+,13+,24?/m1/s1. The van der Waals surface area contributed by atoms with Crippen molar-refractivity contribution in [3.63, 3.8) is 0 Å². The molecule has 142 valence electrons. The predicted octanol–water partition coefficient (Wildman–Crippen LogP) is -3.72. The number of aliphatic hydroxyl groups excluding tert-OH is 5. The molecule has 0 spiro atoms. The number of hydrogen-bond acceptors (Lipinski definition) is 10.